The van der Waals surface area contributed by atoms with Crippen molar-refractivity contribution >= 4 is 12.4 Å². The Morgan fingerprint density at radius 3 is 2.45 bits per heavy atom. The number of piperidine rings is 1. The smallest absolute Gasteiger partial charge is 0.444 e. The van der Waals surface area contributed by atoms with Crippen molar-refractivity contribution in [2.75, 3.05) is 13.1 Å². The molecule has 0 bridgehead atoms. The number of hydrogen-bond donors (Lipinski definition) is 0. The minimum atomic E-state index is -4.86. The topological polar surface area (TPSA) is 73.7 Å². The van der Waals surface area contributed by atoms with Gasteiger partial charge in [0.2, 0.25) is 0 Å². The first-order chi connectivity index (χ1) is 14.4. The summed E-state index contributed by atoms with van der Waals surface area (Å²) in [4.78, 5) is 24.9. The Labute approximate surface area is 177 Å². The Kier molecular flexibility index (Phi) is 6.28. The van der Waals surface area contributed by atoms with E-state index in [1.54, 1.807) is 36.5 Å². The zero-order chi connectivity index (χ0) is 22.8. The molecular formula is C21H24F3N3O4. The van der Waals surface area contributed by atoms with E-state index in [0.29, 0.717) is 37.8 Å². The molecule has 10 heteroatoms. The molecule has 1 fully saturated rings. The molecule has 31 heavy (non-hydrogen) atoms. The molecule has 0 radical (unpaired) electrons. The molecule has 1 aromatic carbocycles. The summed E-state index contributed by atoms with van der Waals surface area (Å²) in [5.41, 5.74) is 0.177. The first-order valence-corrected chi connectivity index (χ1v) is 9.82. The lowest BCUT2D eigenvalue weighted by molar-refractivity contribution is -0.274. The minimum absolute atomic E-state index is 0.0197. The number of nitrogens with zero attached hydrogens (tertiary/aromatic N) is 3. The second kappa shape index (κ2) is 8.60. The van der Waals surface area contributed by atoms with Gasteiger partial charge in [-0.1, -0.05) is 0 Å². The van der Waals surface area contributed by atoms with Crippen molar-refractivity contribution in [2.24, 2.45) is 0 Å². The number of aromatic nitrogens is 2. The van der Waals surface area contributed by atoms with Crippen LogP contribution in [0.15, 0.2) is 30.6 Å². The minimum Gasteiger partial charge on any atom is -0.444 e. The summed E-state index contributed by atoms with van der Waals surface area (Å²) in [5.74, 6) is -0.405. The van der Waals surface area contributed by atoms with E-state index in [-0.39, 0.29) is 23.3 Å². The first-order valence-electron chi connectivity index (χ1n) is 9.82. The predicted molar refractivity (Wildman–Crippen MR) is 106 cm³/mol. The highest BCUT2D eigenvalue weighted by Gasteiger charge is 2.33. The van der Waals surface area contributed by atoms with Gasteiger partial charge < -0.3 is 14.4 Å². The maximum atomic E-state index is 12.8. The van der Waals surface area contributed by atoms with E-state index in [4.69, 9.17) is 4.74 Å². The average Bonchev–Trinajstić information content (AvgIpc) is 3.16. The summed E-state index contributed by atoms with van der Waals surface area (Å²) in [5, 5.41) is 4.30. The van der Waals surface area contributed by atoms with Crippen molar-refractivity contribution < 1.29 is 32.2 Å². The third-order valence-corrected chi connectivity index (χ3v) is 4.77. The number of ether oxygens (including phenoxy) is 2. The number of halogens is 3. The molecule has 1 aromatic heterocycles. The highest BCUT2D eigenvalue weighted by atomic mass is 19.4. The third-order valence-electron chi connectivity index (χ3n) is 4.77. The fraction of sp³-hybridized carbons (Fsp3) is 0.476. The molecule has 0 atom stereocenters. The van der Waals surface area contributed by atoms with Crippen LogP contribution >= 0.6 is 0 Å². The van der Waals surface area contributed by atoms with Gasteiger partial charge in [0.25, 0.3) is 0 Å². The summed E-state index contributed by atoms with van der Waals surface area (Å²) in [7, 11) is 0. The second-order valence-corrected chi connectivity index (χ2v) is 8.33. The van der Waals surface area contributed by atoms with Crippen molar-refractivity contribution in [2.45, 2.75) is 51.6 Å². The molecule has 2 aromatic rings. The van der Waals surface area contributed by atoms with Crippen LogP contribution in [0.25, 0.3) is 11.1 Å². The Morgan fingerprint density at radius 2 is 1.87 bits per heavy atom. The van der Waals surface area contributed by atoms with Crippen molar-refractivity contribution in [1.82, 2.24) is 14.7 Å². The molecule has 7 nitrogen and oxygen atoms in total. The molecule has 0 unspecified atom stereocenters. The molecule has 0 N–H and O–H groups in total. The van der Waals surface area contributed by atoms with Gasteiger partial charge in [-0.3, -0.25) is 9.48 Å². The van der Waals surface area contributed by atoms with Gasteiger partial charge in [-0.2, -0.15) is 5.10 Å². The number of carbonyl (C=O) groups excluding carboxylic acids is 2. The summed E-state index contributed by atoms with van der Waals surface area (Å²) in [6.45, 7) is 6.38. The largest absolute Gasteiger partial charge is 0.573 e. The van der Waals surface area contributed by atoms with E-state index >= 15 is 0 Å². The Morgan fingerprint density at radius 1 is 1.19 bits per heavy atom. The van der Waals surface area contributed by atoms with Gasteiger partial charge in [0.1, 0.15) is 17.6 Å². The Hall–Kier alpha value is -3.04. The van der Waals surface area contributed by atoms with Crippen LogP contribution in [-0.2, 0) is 4.74 Å². The summed E-state index contributed by atoms with van der Waals surface area (Å²) < 4.78 is 49.5. The van der Waals surface area contributed by atoms with E-state index in [9.17, 15) is 22.8 Å². The van der Waals surface area contributed by atoms with E-state index < -0.39 is 17.7 Å². The molecule has 1 aliphatic heterocycles. The quantitative estimate of drug-likeness (QED) is 0.638. The molecule has 1 saturated heterocycles. The lowest BCUT2D eigenvalue weighted by atomic mass is 10.0. The monoisotopic (exact) mass is 439 g/mol. The SMILES string of the molecule is CC(C)(C)OC(=O)N1CCC(n2cc(-c3cc(C=O)ccc3OC(F)(F)F)cn2)CC1. The normalized spacial score (nSPS) is 15.6. The average molecular weight is 439 g/mol. The van der Waals surface area contributed by atoms with Crippen LogP contribution in [0.3, 0.4) is 0 Å². The number of rotatable bonds is 4. The van der Waals surface area contributed by atoms with Gasteiger partial charge in [0.15, 0.2) is 0 Å². The van der Waals surface area contributed by atoms with Gasteiger partial charge in [-0.15, -0.1) is 13.2 Å². The number of benzene rings is 1. The van der Waals surface area contributed by atoms with Gasteiger partial charge >= 0.3 is 12.5 Å². The summed E-state index contributed by atoms with van der Waals surface area (Å²) >= 11 is 0. The van der Waals surface area contributed by atoms with Gasteiger partial charge in [0, 0.05) is 36.0 Å². The van der Waals surface area contributed by atoms with E-state index in [0.717, 1.165) is 6.07 Å². The maximum Gasteiger partial charge on any atom is 0.573 e. The number of hydrogen-bond acceptors (Lipinski definition) is 5. The van der Waals surface area contributed by atoms with E-state index in [2.05, 4.69) is 9.84 Å². The van der Waals surface area contributed by atoms with E-state index in [1.165, 1.54) is 18.3 Å². The number of amides is 1. The number of likely N-dealkylation sites (tertiary alicyclic amines) is 1. The van der Waals surface area contributed by atoms with Crippen molar-refractivity contribution in [3.63, 3.8) is 0 Å². The van der Waals surface area contributed by atoms with Gasteiger partial charge in [0.05, 0.1) is 12.2 Å². The van der Waals surface area contributed by atoms with Crippen molar-refractivity contribution in [3.05, 3.63) is 36.2 Å². The fourth-order valence-electron chi connectivity index (χ4n) is 3.38. The molecule has 1 amide bonds. The summed E-state index contributed by atoms with van der Waals surface area (Å²) in [6, 6.07) is 3.69. The van der Waals surface area contributed by atoms with Crippen LogP contribution in [0.5, 0.6) is 5.75 Å². The fourth-order valence-corrected chi connectivity index (χ4v) is 3.38. The van der Waals surface area contributed by atoms with Crippen LogP contribution in [-0.4, -0.2) is 52.1 Å². The lowest BCUT2D eigenvalue weighted by Crippen LogP contribution is -2.42. The maximum absolute atomic E-state index is 12.8. The van der Waals surface area contributed by atoms with E-state index in [1.807, 2.05) is 0 Å². The van der Waals surface area contributed by atoms with Crippen molar-refractivity contribution in [3.8, 4) is 16.9 Å². The molecule has 3 rings (SSSR count). The molecule has 1 aliphatic rings. The summed E-state index contributed by atoms with van der Waals surface area (Å²) in [6.07, 6.45) is -0.360. The van der Waals surface area contributed by atoms with Crippen LogP contribution in [0.1, 0.15) is 50.0 Å². The number of aldehydes is 1. The third kappa shape index (κ3) is 5.99. The number of alkyl halides is 3. The molecular weight excluding hydrogens is 415 g/mol. The molecule has 0 aliphatic carbocycles. The standard InChI is InChI=1S/C21H24F3N3O4/c1-20(2,3)31-19(29)26-8-6-16(7-9-26)27-12-15(11-25-27)17-10-14(13-28)4-5-18(17)30-21(22,23)24/h4-5,10-13,16H,6-9H2,1-3H3. The Balaban J connectivity index is 1.74. The van der Waals surface area contributed by atoms with Crippen LogP contribution < -0.4 is 4.74 Å². The zero-order valence-electron chi connectivity index (χ0n) is 17.5. The highest BCUT2D eigenvalue weighted by molar-refractivity contribution is 5.81. The second-order valence-electron chi connectivity index (χ2n) is 8.33. The lowest BCUT2D eigenvalue weighted by Gasteiger charge is -2.33. The van der Waals surface area contributed by atoms with Crippen molar-refractivity contribution in [1.29, 1.82) is 0 Å². The zero-order valence-corrected chi connectivity index (χ0v) is 17.5. The van der Waals surface area contributed by atoms with Crippen LogP contribution in [0.4, 0.5) is 18.0 Å². The number of carbonyl (C=O) groups is 2. The molecule has 0 saturated carbocycles. The van der Waals surface area contributed by atoms with Gasteiger partial charge in [-0.25, -0.2) is 4.79 Å². The molecule has 168 valence electrons. The van der Waals surface area contributed by atoms with Crippen LogP contribution in [0, 0.1) is 0 Å². The molecule has 2 heterocycles. The highest BCUT2D eigenvalue weighted by Crippen LogP contribution is 2.35. The van der Waals surface area contributed by atoms with Gasteiger partial charge in [-0.05, 0) is 51.8 Å². The Bertz CT molecular complexity index is 942. The predicted octanol–water partition coefficient (Wildman–Crippen LogP) is 4.83. The van der Waals surface area contributed by atoms with Crippen LogP contribution in [0.2, 0.25) is 0 Å². The first kappa shape index (κ1) is 22.6. The molecule has 0 spiro atoms.